The van der Waals surface area contributed by atoms with Gasteiger partial charge < -0.3 is 15.0 Å². The topological polar surface area (TPSA) is 150 Å². The van der Waals surface area contributed by atoms with Crippen LogP contribution >= 0.6 is 0 Å². The van der Waals surface area contributed by atoms with E-state index in [1.54, 1.807) is 12.3 Å². The van der Waals surface area contributed by atoms with E-state index < -0.39 is 26.6 Å². The van der Waals surface area contributed by atoms with Gasteiger partial charge in [0.15, 0.2) is 14.6 Å². The molecule has 0 radical (unpaired) electrons. The molecule has 1 saturated heterocycles. The monoisotopic (exact) mass is 505 g/mol. The number of carbonyl (C=O) groups is 3. The molecule has 1 fully saturated rings. The van der Waals surface area contributed by atoms with Crippen molar-refractivity contribution in [3.63, 3.8) is 0 Å². The highest BCUT2D eigenvalue weighted by molar-refractivity contribution is 7.92. The minimum absolute atomic E-state index is 0.00310. The van der Waals surface area contributed by atoms with E-state index in [0.717, 1.165) is 6.26 Å². The summed E-state index contributed by atoms with van der Waals surface area (Å²) in [5.74, 6) is 9.75. The predicted octanol–water partition coefficient (Wildman–Crippen LogP) is -0.634. The molecule has 188 valence electrons. The summed E-state index contributed by atoms with van der Waals surface area (Å²) >= 11 is 0. The quantitative estimate of drug-likeness (QED) is 0.252. The Morgan fingerprint density at radius 1 is 1.31 bits per heavy atom. The van der Waals surface area contributed by atoms with Gasteiger partial charge >= 0.3 is 12.1 Å². The lowest BCUT2D eigenvalue weighted by atomic mass is 10.1. The largest absolute Gasteiger partial charge is 0.443 e. The number of hydrogen-bond donors (Lipinski definition) is 3. The zero-order valence-electron chi connectivity index (χ0n) is 19.6. The third kappa shape index (κ3) is 5.95. The van der Waals surface area contributed by atoms with E-state index in [0.29, 0.717) is 24.3 Å². The van der Waals surface area contributed by atoms with Crippen molar-refractivity contribution in [2.75, 3.05) is 39.5 Å². The third-order valence-electron chi connectivity index (χ3n) is 5.97. The number of amides is 3. The summed E-state index contributed by atoms with van der Waals surface area (Å²) in [5.41, 5.74) is 2.62. The summed E-state index contributed by atoms with van der Waals surface area (Å²) < 4.78 is 28.8. The van der Waals surface area contributed by atoms with Crippen molar-refractivity contribution in [2.45, 2.75) is 30.7 Å². The van der Waals surface area contributed by atoms with Gasteiger partial charge in [0, 0.05) is 43.3 Å². The number of hydrogen-bond acceptors (Lipinski definition) is 8. The molecule has 3 N–H and O–H groups in total. The Bertz CT molecular complexity index is 1240. The molecule has 0 spiro atoms. The summed E-state index contributed by atoms with van der Waals surface area (Å²) in [5, 5.41) is 11.4. The molecule has 0 aliphatic carbocycles. The van der Waals surface area contributed by atoms with Crippen LogP contribution < -0.4 is 10.8 Å². The Kier molecular flexibility index (Phi) is 7.75. The molecule has 2 aliphatic rings. The normalized spacial score (nSPS) is 17.1. The Morgan fingerprint density at radius 2 is 2.03 bits per heavy atom. The summed E-state index contributed by atoms with van der Waals surface area (Å²) in [6.07, 6.45) is 1.66. The number of aromatic nitrogens is 1. The molecule has 1 atom stereocenters. The van der Waals surface area contributed by atoms with Gasteiger partial charge in [-0.25, -0.2) is 23.5 Å². The van der Waals surface area contributed by atoms with Gasteiger partial charge in [-0.1, -0.05) is 11.8 Å². The second-order valence-corrected chi connectivity index (χ2v) is 11.1. The summed E-state index contributed by atoms with van der Waals surface area (Å²) in [6.45, 7) is 2.94. The predicted molar refractivity (Wildman–Crippen MR) is 124 cm³/mol. The van der Waals surface area contributed by atoms with Crippen LogP contribution in [0.2, 0.25) is 0 Å². The molecule has 0 aromatic carbocycles. The first-order valence-corrected chi connectivity index (χ1v) is 12.6. The number of rotatable bonds is 7. The third-order valence-corrected chi connectivity index (χ3v) is 8.00. The Balaban J connectivity index is 1.50. The number of sulfone groups is 1. The van der Waals surface area contributed by atoms with Crippen LogP contribution in [0.15, 0.2) is 12.3 Å². The molecule has 1 aromatic heterocycles. The first-order valence-electron chi connectivity index (χ1n) is 10.7. The summed E-state index contributed by atoms with van der Waals surface area (Å²) in [7, 11) is -1.92. The van der Waals surface area contributed by atoms with Gasteiger partial charge in [0.2, 0.25) is 0 Å². The number of ether oxygens (including phenoxy) is 1. The van der Waals surface area contributed by atoms with Crippen molar-refractivity contribution in [3.05, 3.63) is 23.5 Å². The fraction of sp³-hybridized carbons (Fsp3) is 0.500. The number of fused-ring (bicyclic) bond motifs is 1. The van der Waals surface area contributed by atoms with E-state index in [9.17, 15) is 22.8 Å². The maximum Gasteiger partial charge on any atom is 0.408 e. The second kappa shape index (κ2) is 10.4. The van der Waals surface area contributed by atoms with Crippen molar-refractivity contribution < 1.29 is 32.7 Å². The van der Waals surface area contributed by atoms with Crippen LogP contribution in [0, 0.1) is 23.7 Å². The molecular formula is C22H27N5O7S. The lowest BCUT2D eigenvalue weighted by Crippen LogP contribution is -2.51. The molecule has 3 amide bonds. The first-order chi connectivity index (χ1) is 16.4. The molecule has 3 heterocycles. The number of alkyl carbamates (subject to hydrolysis) is 1. The minimum Gasteiger partial charge on any atom is -0.443 e. The molecular weight excluding hydrogens is 478 g/mol. The Labute approximate surface area is 203 Å². The zero-order valence-corrected chi connectivity index (χ0v) is 20.4. The Hall–Kier alpha value is -3.52. The van der Waals surface area contributed by atoms with Crippen molar-refractivity contribution in [3.8, 4) is 23.7 Å². The van der Waals surface area contributed by atoms with Gasteiger partial charge in [-0.05, 0) is 38.3 Å². The van der Waals surface area contributed by atoms with E-state index in [2.05, 4.69) is 29.0 Å². The molecule has 1 unspecified atom stereocenters. The van der Waals surface area contributed by atoms with E-state index in [-0.39, 0.29) is 38.2 Å². The van der Waals surface area contributed by atoms with Crippen molar-refractivity contribution in [2.24, 2.45) is 0 Å². The van der Waals surface area contributed by atoms with Crippen molar-refractivity contribution >= 4 is 27.9 Å². The number of nitrogens with one attached hydrogen (secondary N) is 2. The van der Waals surface area contributed by atoms with Gasteiger partial charge in [-0.15, -0.1) is 0 Å². The highest BCUT2D eigenvalue weighted by atomic mass is 32.2. The average Bonchev–Trinajstić information content (AvgIpc) is 3.30. The van der Waals surface area contributed by atoms with Gasteiger partial charge in [-0.2, -0.15) is 0 Å². The zero-order chi connectivity index (χ0) is 25.8. The van der Waals surface area contributed by atoms with Crippen LogP contribution in [-0.4, -0.2) is 96.4 Å². The molecule has 0 bridgehead atoms. The number of carbonyl (C=O) groups excluding carboxylic acids is 3. The van der Waals surface area contributed by atoms with Crippen LogP contribution in [0.5, 0.6) is 0 Å². The second-order valence-electron chi connectivity index (χ2n) is 8.64. The van der Waals surface area contributed by atoms with Crippen molar-refractivity contribution in [1.82, 2.24) is 25.2 Å². The standard InChI is InChI=1S/C22H27N5O7S/c1-22(19(28)24-31,35(3,32)33)8-10-26-13-17-11-16(12-27(17)21(26)30)7-5-4-6-9-23-20(29)34-18-14-25(2)15-18/h11-12,18,31H,8-10,13-15H2,1-3H3,(H,23,29)(H,24,28). The fourth-order valence-electron chi connectivity index (χ4n) is 3.62. The average molecular weight is 506 g/mol. The van der Waals surface area contributed by atoms with Gasteiger partial charge in [0.25, 0.3) is 5.91 Å². The minimum atomic E-state index is -3.85. The lowest BCUT2D eigenvalue weighted by Gasteiger charge is -2.34. The van der Waals surface area contributed by atoms with Crippen LogP contribution in [0.1, 0.15) is 24.6 Å². The number of nitrogens with zero attached hydrogens (tertiary/aromatic N) is 3. The summed E-state index contributed by atoms with van der Waals surface area (Å²) in [4.78, 5) is 39.6. The number of likely N-dealkylation sites (N-methyl/N-ethyl adjacent to an activating group) is 1. The fourth-order valence-corrected chi connectivity index (χ4v) is 4.46. The van der Waals surface area contributed by atoms with Crippen LogP contribution in [0.25, 0.3) is 0 Å². The molecule has 1 aromatic rings. The highest BCUT2D eigenvalue weighted by Gasteiger charge is 2.44. The van der Waals surface area contributed by atoms with Crippen LogP contribution in [-0.2, 0) is 25.9 Å². The molecule has 35 heavy (non-hydrogen) atoms. The van der Waals surface area contributed by atoms with E-state index in [1.807, 2.05) is 11.9 Å². The first kappa shape index (κ1) is 26.1. The smallest absolute Gasteiger partial charge is 0.408 e. The van der Waals surface area contributed by atoms with Crippen LogP contribution in [0.4, 0.5) is 9.59 Å². The summed E-state index contributed by atoms with van der Waals surface area (Å²) in [6, 6.07) is 1.34. The van der Waals surface area contributed by atoms with Crippen molar-refractivity contribution in [1.29, 1.82) is 0 Å². The van der Waals surface area contributed by atoms with E-state index in [1.165, 1.54) is 21.9 Å². The molecule has 13 heteroatoms. The molecule has 2 aliphatic heterocycles. The van der Waals surface area contributed by atoms with E-state index >= 15 is 0 Å². The maximum absolute atomic E-state index is 12.7. The van der Waals surface area contributed by atoms with Gasteiger partial charge in [0.05, 0.1) is 13.1 Å². The van der Waals surface area contributed by atoms with Gasteiger partial charge in [0.1, 0.15) is 6.10 Å². The van der Waals surface area contributed by atoms with Gasteiger partial charge in [-0.3, -0.25) is 19.5 Å². The van der Waals surface area contributed by atoms with Crippen LogP contribution in [0.3, 0.4) is 0 Å². The number of likely N-dealkylation sites (tertiary alicyclic amines) is 1. The lowest BCUT2D eigenvalue weighted by molar-refractivity contribution is -0.131. The number of hydroxylamine groups is 1. The highest BCUT2D eigenvalue weighted by Crippen LogP contribution is 2.25. The Morgan fingerprint density at radius 3 is 2.63 bits per heavy atom. The van der Waals surface area contributed by atoms with E-state index in [4.69, 9.17) is 9.94 Å². The molecule has 0 saturated carbocycles. The molecule has 3 rings (SSSR count). The maximum atomic E-state index is 12.7. The molecule has 12 nitrogen and oxygen atoms in total. The SMILES string of the molecule is CN1CC(OC(=O)NCC#CC#Cc2cc3n(c2)C(=O)N(CCC(C)(C(=O)NO)S(C)(=O)=O)C3)C1.